The zero-order chi connectivity index (χ0) is 21.8. The van der Waals surface area contributed by atoms with Crippen LogP contribution >= 0.6 is 0 Å². The van der Waals surface area contributed by atoms with E-state index in [0.717, 1.165) is 16.8 Å². The Morgan fingerprint density at radius 2 is 1.57 bits per heavy atom. The summed E-state index contributed by atoms with van der Waals surface area (Å²) in [7, 11) is 4.96. The highest BCUT2D eigenvalue weighted by molar-refractivity contribution is 5.97. The lowest BCUT2D eigenvalue weighted by atomic mass is 9.94. The van der Waals surface area contributed by atoms with Crippen molar-refractivity contribution in [3.8, 4) is 11.5 Å². The summed E-state index contributed by atoms with van der Waals surface area (Å²) in [5.74, 6) is 1.12. The number of piperidine rings is 1. The molecule has 0 unspecified atom stereocenters. The molecular weight excluding hydrogens is 380 g/mol. The second-order valence-electron chi connectivity index (χ2n) is 7.86. The summed E-state index contributed by atoms with van der Waals surface area (Å²) >= 11 is 0. The van der Waals surface area contributed by atoms with Gasteiger partial charge in [0.2, 0.25) is 5.91 Å². The van der Waals surface area contributed by atoms with Crippen molar-refractivity contribution in [2.45, 2.75) is 26.7 Å². The van der Waals surface area contributed by atoms with E-state index in [2.05, 4.69) is 6.07 Å². The molecule has 2 aromatic rings. The van der Waals surface area contributed by atoms with Crippen LogP contribution in [0.1, 0.15) is 34.3 Å². The van der Waals surface area contributed by atoms with Crippen LogP contribution in [0.25, 0.3) is 0 Å². The highest BCUT2D eigenvalue weighted by atomic mass is 16.5. The number of benzene rings is 2. The van der Waals surface area contributed by atoms with Crippen LogP contribution in [0.5, 0.6) is 11.5 Å². The van der Waals surface area contributed by atoms with Crippen LogP contribution in [0.15, 0.2) is 36.4 Å². The molecule has 30 heavy (non-hydrogen) atoms. The van der Waals surface area contributed by atoms with Gasteiger partial charge in [0.1, 0.15) is 11.5 Å². The molecule has 0 saturated carbocycles. The molecule has 160 valence electrons. The normalized spacial score (nSPS) is 14.4. The molecule has 0 atom stereocenters. The third-order valence-corrected chi connectivity index (χ3v) is 5.79. The van der Waals surface area contributed by atoms with E-state index in [4.69, 9.17) is 9.47 Å². The van der Waals surface area contributed by atoms with Crippen molar-refractivity contribution in [2.75, 3.05) is 39.3 Å². The number of carbonyl (C=O) groups is 2. The Labute approximate surface area is 178 Å². The van der Waals surface area contributed by atoms with Gasteiger partial charge in [-0.25, -0.2) is 0 Å². The standard InChI is InChI=1S/C24H30N2O4/c1-16-6-7-17(2)22(12-16)25(3)23(27)18-8-10-26(11-9-18)24(28)19-13-20(29-4)15-21(14-19)30-5/h6-7,12-15,18H,8-11H2,1-5H3. The minimum Gasteiger partial charge on any atom is -0.497 e. The maximum atomic E-state index is 13.1. The number of hydrogen-bond donors (Lipinski definition) is 0. The Kier molecular flexibility index (Phi) is 6.65. The molecule has 1 aliphatic rings. The maximum Gasteiger partial charge on any atom is 0.254 e. The zero-order valence-electron chi connectivity index (χ0n) is 18.4. The number of ether oxygens (including phenoxy) is 2. The van der Waals surface area contributed by atoms with Gasteiger partial charge in [-0.05, 0) is 56.0 Å². The second kappa shape index (κ2) is 9.20. The summed E-state index contributed by atoms with van der Waals surface area (Å²) in [6.45, 7) is 5.14. The number of anilines is 1. The van der Waals surface area contributed by atoms with Crippen molar-refractivity contribution in [3.05, 3.63) is 53.1 Å². The molecule has 1 heterocycles. The van der Waals surface area contributed by atoms with Crippen LogP contribution in [-0.2, 0) is 4.79 Å². The monoisotopic (exact) mass is 410 g/mol. The van der Waals surface area contributed by atoms with E-state index in [-0.39, 0.29) is 17.7 Å². The Morgan fingerprint density at radius 3 is 2.13 bits per heavy atom. The van der Waals surface area contributed by atoms with Gasteiger partial charge in [0.25, 0.3) is 5.91 Å². The van der Waals surface area contributed by atoms with Gasteiger partial charge in [-0.3, -0.25) is 9.59 Å². The Balaban J connectivity index is 1.66. The molecule has 0 radical (unpaired) electrons. The fraction of sp³-hybridized carbons (Fsp3) is 0.417. The average molecular weight is 411 g/mol. The van der Waals surface area contributed by atoms with Crippen molar-refractivity contribution in [2.24, 2.45) is 5.92 Å². The van der Waals surface area contributed by atoms with Crippen molar-refractivity contribution < 1.29 is 19.1 Å². The molecule has 0 aliphatic carbocycles. The first-order chi connectivity index (χ1) is 14.3. The number of aryl methyl sites for hydroxylation is 2. The predicted octanol–water partition coefficient (Wildman–Crippen LogP) is 3.84. The summed E-state index contributed by atoms with van der Waals surface area (Å²) in [4.78, 5) is 29.6. The smallest absolute Gasteiger partial charge is 0.254 e. The molecular formula is C24H30N2O4. The predicted molar refractivity (Wildman–Crippen MR) is 117 cm³/mol. The molecule has 0 aromatic heterocycles. The van der Waals surface area contributed by atoms with Crippen molar-refractivity contribution in [3.63, 3.8) is 0 Å². The number of amides is 2. The highest BCUT2D eigenvalue weighted by Gasteiger charge is 2.30. The number of hydrogen-bond acceptors (Lipinski definition) is 4. The molecule has 1 saturated heterocycles. The highest BCUT2D eigenvalue weighted by Crippen LogP contribution is 2.28. The van der Waals surface area contributed by atoms with E-state index >= 15 is 0 Å². The zero-order valence-corrected chi connectivity index (χ0v) is 18.4. The van der Waals surface area contributed by atoms with E-state index in [1.54, 1.807) is 42.2 Å². The van der Waals surface area contributed by atoms with E-state index in [9.17, 15) is 9.59 Å². The van der Waals surface area contributed by atoms with Crippen LogP contribution < -0.4 is 14.4 Å². The first kappa shape index (κ1) is 21.7. The number of rotatable bonds is 5. The number of likely N-dealkylation sites (tertiary alicyclic amines) is 1. The van der Waals surface area contributed by atoms with E-state index in [1.807, 2.05) is 33.0 Å². The summed E-state index contributed by atoms with van der Waals surface area (Å²) in [6, 6.07) is 11.3. The number of methoxy groups -OCH3 is 2. The van der Waals surface area contributed by atoms with Crippen LogP contribution in [-0.4, -0.2) is 51.1 Å². The van der Waals surface area contributed by atoms with Crippen molar-refractivity contribution in [1.82, 2.24) is 4.90 Å². The second-order valence-corrected chi connectivity index (χ2v) is 7.86. The largest absolute Gasteiger partial charge is 0.497 e. The first-order valence-corrected chi connectivity index (χ1v) is 10.2. The van der Waals surface area contributed by atoms with Crippen LogP contribution in [0.4, 0.5) is 5.69 Å². The lowest BCUT2D eigenvalue weighted by Crippen LogP contribution is -2.43. The van der Waals surface area contributed by atoms with Gasteiger partial charge in [0.15, 0.2) is 0 Å². The van der Waals surface area contributed by atoms with E-state index < -0.39 is 0 Å². The first-order valence-electron chi connectivity index (χ1n) is 10.2. The summed E-state index contributed by atoms with van der Waals surface area (Å²) in [5, 5.41) is 0. The number of nitrogens with zero attached hydrogens (tertiary/aromatic N) is 2. The summed E-state index contributed by atoms with van der Waals surface area (Å²) in [5.41, 5.74) is 3.69. The van der Waals surface area contributed by atoms with Crippen molar-refractivity contribution >= 4 is 17.5 Å². The SMILES string of the molecule is COc1cc(OC)cc(C(=O)N2CCC(C(=O)N(C)c3cc(C)ccc3C)CC2)c1. The van der Waals surface area contributed by atoms with Gasteiger partial charge < -0.3 is 19.3 Å². The molecule has 0 spiro atoms. The Morgan fingerprint density at radius 1 is 0.967 bits per heavy atom. The minimum atomic E-state index is -0.0844. The van der Waals surface area contributed by atoms with Crippen LogP contribution in [0, 0.1) is 19.8 Å². The minimum absolute atomic E-state index is 0.0685. The molecule has 6 nitrogen and oxygen atoms in total. The number of carbonyl (C=O) groups excluding carboxylic acids is 2. The molecule has 1 fully saturated rings. The van der Waals surface area contributed by atoms with E-state index in [1.165, 1.54) is 0 Å². The van der Waals surface area contributed by atoms with Gasteiger partial charge in [-0.2, -0.15) is 0 Å². The average Bonchev–Trinajstić information content (AvgIpc) is 2.78. The fourth-order valence-corrected chi connectivity index (χ4v) is 3.92. The van der Waals surface area contributed by atoms with Gasteiger partial charge in [-0.1, -0.05) is 12.1 Å². The molecule has 1 aliphatic heterocycles. The molecule has 3 rings (SSSR count). The molecule has 2 aromatic carbocycles. The topological polar surface area (TPSA) is 59.1 Å². The lowest BCUT2D eigenvalue weighted by Gasteiger charge is -2.33. The van der Waals surface area contributed by atoms with E-state index in [0.29, 0.717) is 43.0 Å². The molecule has 0 N–H and O–H groups in total. The van der Waals surface area contributed by atoms with Crippen LogP contribution in [0.2, 0.25) is 0 Å². The van der Waals surface area contributed by atoms with Gasteiger partial charge in [0.05, 0.1) is 14.2 Å². The summed E-state index contributed by atoms with van der Waals surface area (Å²) in [6.07, 6.45) is 1.31. The van der Waals surface area contributed by atoms with Gasteiger partial charge in [-0.15, -0.1) is 0 Å². The molecule has 6 heteroatoms. The Bertz CT molecular complexity index is 911. The lowest BCUT2D eigenvalue weighted by molar-refractivity contribution is -0.123. The third kappa shape index (κ3) is 4.58. The molecule has 2 amide bonds. The third-order valence-electron chi connectivity index (χ3n) is 5.79. The van der Waals surface area contributed by atoms with Crippen molar-refractivity contribution in [1.29, 1.82) is 0 Å². The summed E-state index contributed by atoms with van der Waals surface area (Å²) < 4.78 is 10.5. The maximum absolute atomic E-state index is 13.1. The van der Waals surface area contributed by atoms with Crippen LogP contribution in [0.3, 0.4) is 0 Å². The quantitative estimate of drug-likeness (QED) is 0.752. The molecule has 0 bridgehead atoms. The van der Waals surface area contributed by atoms with Gasteiger partial charge >= 0.3 is 0 Å². The fourth-order valence-electron chi connectivity index (χ4n) is 3.92. The Hall–Kier alpha value is -3.02. The van der Waals surface area contributed by atoms with Gasteiger partial charge in [0, 0.05) is 43.4 Å².